The second kappa shape index (κ2) is 5.75. The highest BCUT2D eigenvalue weighted by Crippen LogP contribution is 2.28. The predicted molar refractivity (Wildman–Crippen MR) is 80.6 cm³/mol. The van der Waals surface area contributed by atoms with Crippen LogP contribution in [0.4, 0.5) is 0 Å². The maximum absolute atomic E-state index is 12.5. The van der Waals surface area contributed by atoms with E-state index in [4.69, 9.17) is 0 Å². The van der Waals surface area contributed by atoms with Crippen LogP contribution in [0.25, 0.3) is 0 Å². The minimum absolute atomic E-state index is 0.102. The molecule has 0 radical (unpaired) electrons. The molecule has 0 aromatic carbocycles. The molecule has 2 atom stereocenters. The largest absolute Gasteiger partial charge is 0.311 e. The first-order chi connectivity index (χ1) is 9.22. The lowest BCUT2D eigenvalue weighted by Gasteiger charge is -2.20. The fraction of sp³-hybridized carbons (Fsp3) is 0.667. The van der Waals surface area contributed by atoms with E-state index in [-0.39, 0.29) is 15.7 Å². The monoisotopic (exact) mass is 337 g/mol. The van der Waals surface area contributed by atoms with Gasteiger partial charge in [0, 0.05) is 6.04 Å². The smallest absolute Gasteiger partial charge is 0.193 e. The van der Waals surface area contributed by atoms with Gasteiger partial charge >= 0.3 is 0 Å². The molecule has 8 heteroatoms. The Morgan fingerprint density at radius 2 is 2.10 bits per heavy atom. The van der Waals surface area contributed by atoms with Crippen molar-refractivity contribution in [1.29, 1.82) is 0 Å². The minimum atomic E-state index is -3.59. The summed E-state index contributed by atoms with van der Waals surface area (Å²) in [7, 11) is -6.89. The second-order valence-electron chi connectivity index (χ2n) is 5.50. The van der Waals surface area contributed by atoms with Gasteiger partial charge in [-0.15, -0.1) is 11.3 Å². The molecule has 0 saturated carbocycles. The first kappa shape index (κ1) is 15.9. The minimum Gasteiger partial charge on any atom is -0.311 e. The molecule has 1 aliphatic rings. The number of nitrogens with one attached hydrogen (secondary N) is 1. The SMILES string of the molecule is CC(C)CN[C@H]1CS(=O)(=O)C[C@@H]1S(=O)(=O)c1cccs1. The van der Waals surface area contributed by atoms with Crippen LogP contribution < -0.4 is 5.32 Å². The molecule has 0 unspecified atom stereocenters. The zero-order valence-corrected chi connectivity index (χ0v) is 13.9. The van der Waals surface area contributed by atoms with Gasteiger partial charge in [0.2, 0.25) is 0 Å². The van der Waals surface area contributed by atoms with Gasteiger partial charge < -0.3 is 5.32 Å². The fourth-order valence-corrected chi connectivity index (χ4v) is 8.21. The highest BCUT2D eigenvalue weighted by atomic mass is 32.2. The summed E-state index contributed by atoms with van der Waals surface area (Å²) in [4.78, 5) is 0. The number of hydrogen-bond acceptors (Lipinski definition) is 6. The lowest BCUT2D eigenvalue weighted by Crippen LogP contribution is -2.44. The summed E-state index contributed by atoms with van der Waals surface area (Å²) in [5.41, 5.74) is 0. The summed E-state index contributed by atoms with van der Waals surface area (Å²) < 4.78 is 49.0. The van der Waals surface area contributed by atoms with Crippen LogP contribution in [0.3, 0.4) is 0 Å². The summed E-state index contributed by atoms with van der Waals surface area (Å²) in [5, 5.41) is 3.90. The van der Waals surface area contributed by atoms with Crippen LogP contribution in [-0.4, -0.2) is 46.2 Å². The Hall–Kier alpha value is -0.440. The molecular formula is C12H19NO4S3. The Morgan fingerprint density at radius 3 is 2.65 bits per heavy atom. The maximum Gasteiger partial charge on any atom is 0.193 e. The van der Waals surface area contributed by atoms with Gasteiger partial charge in [-0.3, -0.25) is 0 Å². The number of sulfone groups is 2. The van der Waals surface area contributed by atoms with Crippen LogP contribution >= 0.6 is 11.3 Å². The quantitative estimate of drug-likeness (QED) is 0.865. The molecule has 114 valence electrons. The normalized spacial score (nSPS) is 26.1. The molecule has 20 heavy (non-hydrogen) atoms. The zero-order chi connectivity index (χ0) is 15.0. The summed E-state index contributed by atoms with van der Waals surface area (Å²) in [5.74, 6) is -0.0544. The molecular weight excluding hydrogens is 318 g/mol. The van der Waals surface area contributed by atoms with Crippen molar-refractivity contribution in [3.05, 3.63) is 17.5 Å². The van der Waals surface area contributed by atoms with E-state index in [0.717, 1.165) is 11.3 Å². The van der Waals surface area contributed by atoms with Gasteiger partial charge in [0.25, 0.3) is 0 Å². The van der Waals surface area contributed by atoms with Crippen molar-refractivity contribution in [1.82, 2.24) is 5.32 Å². The first-order valence-electron chi connectivity index (χ1n) is 6.43. The molecule has 0 amide bonds. The third-order valence-corrected chi connectivity index (χ3v) is 8.84. The average molecular weight is 337 g/mol. The van der Waals surface area contributed by atoms with Crippen LogP contribution in [-0.2, 0) is 19.7 Å². The van der Waals surface area contributed by atoms with Crippen LogP contribution in [0.5, 0.6) is 0 Å². The molecule has 1 aliphatic heterocycles. The molecule has 5 nitrogen and oxygen atoms in total. The zero-order valence-electron chi connectivity index (χ0n) is 11.4. The topological polar surface area (TPSA) is 80.3 Å². The van der Waals surface area contributed by atoms with Crippen LogP contribution in [0.1, 0.15) is 13.8 Å². The third-order valence-electron chi connectivity index (χ3n) is 3.26. The Morgan fingerprint density at radius 1 is 1.40 bits per heavy atom. The van der Waals surface area contributed by atoms with Crippen molar-refractivity contribution in [3.8, 4) is 0 Å². The van der Waals surface area contributed by atoms with E-state index in [9.17, 15) is 16.8 Å². The van der Waals surface area contributed by atoms with Crippen molar-refractivity contribution < 1.29 is 16.8 Å². The van der Waals surface area contributed by atoms with Gasteiger partial charge in [0.1, 0.15) is 4.21 Å². The lowest BCUT2D eigenvalue weighted by atomic mass is 10.2. The Labute approximate surface area is 124 Å². The molecule has 2 heterocycles. The van der Waals surface area contributed by atoms with Gasteiger partial charge in [0.15, 0.2) is 19.7 Å². The molecule has 0 spiro atoms. The standard InChI is InChI=1S/C12H19NO4S3/c1-9(2)6-13-10-7-19(14,15)8-11(10)20(16,17)12-4-3-5-18-12/h3-5,9-11,13H,6-8H2,1-2H3/t10-,11-/m0/s1. The third kappa shape index (κ3) is 3.41. The molecule has 2 rings (SSSR count). The van der Waals surface area contributed by atoms with E-state index in [0.29, 0.717) is 12.5 Å². The van der Waals surface area contributed by atoms with Crippen molar-refractivity contribution in [2.75, 3.05) is 18.1 Å². The highest BCUT2D eigenvalue weighted by Gasteiger charge is 2.45. The Bertz CT molecular complexity index is 647. The predicted octanol–water partition coefficient (Wildman–Crippen LogP) is 0.933. The van der Waals surface area contributed by atoms with Crippen molar-refractivity contribution in [2.24, 2.45) is 5.92 Å². The molecule has 0 bridgehead atoms. The van der Waals surface area contributed by atoms with Crippen LogP contribution in [0.2, 0.25) is 0 Å². The molecule has 1 saturated heterocycles. The second-order valence-corrected chi connectivity index (χ2v) is 11.0. The molecule has 1 aromatic heterocycles. The molecule has 1 fully saturated rings. The van der Waals surface area contributed by atoms with E-state index in [2.05, 4.69) is 5.32 Å². The van der Waals surface area contributed by atoms with E-state index in [1.807, 2.05) is 13.8 Å². The van der Waals surface area contributed by atoms with Crippen molar-refractivity contribution >= 4 is 31.0 Å². The summed E-state index contributed by atoms with van der Waals surface area (Å²) in [6.45, 7) is 4.61. The van der Waals surface area contributed by atoms with E-state index in [1.165, 1.54) is 6.07 Å². The first-order valence-corrected chi connectivity index (χ1v) is 10.7. The number of thiophene rings is 1. The summed E-state index contributed by atoms with van der Waals surface area (Å²) >= 11 is 1.13. The fourth-order valence-electron chi connectivity index (χ4n) is 2.27. The lowest BCUT2D eigenvalue weighted by molar-refractivity contribution is 0.480. The van der Waals surface area contributed by atoms with E-state index < -0.39 is 31.0 Å². The van der Waals surface area contributed by atoms with Gasteiger partial charge in [0.05, 0.1) is 16.8 Å². The summed E-state index contributed by atoms with van der Waals surface area (Å²) in [6.07, 6.45) is 0. The average Bonchev–Trinajstić information content (AvgIpc) is 2.93. The van der Waals surface area contributed by atoms with Crippen molar-refractivity contribution in [3.63, 3.8) is 0 Å². The van der Waals surface area contributed by atoms with Gasteiger partial charge in [-0.2, -0.15) is 0 Å². The van der Waals surface area contributed by atoms with Gasteiger partial charge in [-0.1, -0.05) is 19.9 Å². The van der Waals surface area contributed by atoms with Crippen molar-refractivity contribution in [2.45, 2.75) is 29.3 Å². The van der Waals surface area contributed by atoms with E-state index in [1.54, 1.807) is 11.4 Å². The maximum atomic E-state index is 12.5. The Balaban J connectivity index is 2.28. The van der Waals surface area contributed by atoms with Gasteiger partial charge in [-0.25, -0.2) is 16.8 Å². The molecule has 1 N–H and O–H groups in total. The highest BCUT2D eigenvalue weighted by molar-refractivity contribution is 7.97. The van der Waals surface area contributed by atoms with E-state index >= 15 is 0 Å². The number of hydrogen-bond donors (Lipinski definition) is 1. The van der Waals surface area contributed by atoms with Crippen LogP contribution in [0, 0.1) is 5.92 Å². The van der Waals surface area contributed by atoms with Crippen LogP contribution in [0.15, 0.2) is 21.7 Å². The summed E-state index contributed by atoms with van der Waals surface area (Å²) in [6, 6.07) is 2.68. The Kier molecular flexibility index (Phi) is 4.58. The number of rotatable bonds is 5. The molecule has 0 aliphatic carbocycles. The molecule has 1 aromatic rings. The van der Waals surface area contributed by atoms with Gasteiger partial charge in [-0.05, 0) is 23.9 Å².